The summed E-state index contributed by atoms with van der Waals surface area (Å²) in [7, 11) is 1.74. The number of methoxy groups -OCH3 is 1. The number of hydrogen-bond acceptors (Lipinski definition) is 4. The highest BCUT2D eigenvalue weighted by molar-refractivity contribution is 7.10. The Hall–Kier alpha value is -0.580. The van der Waals surface area contributed by atoms with Gasteiger partial charge in [-0.3, -0.25) is 0 Å². The van der Waals surface area contributed by atoms with Crippen LogP contribution in [0.2, 0.25) is 0 Å². The molecule has 3 nitrogen and oxygen atoms in total. The molecule has 2 heterocycles. The summed E-state index contributed by atoms with van der Waals surface area (Å²) in [5.74, 6) is 1.01. The monoisotopic (exact) mass is 269 g/mol. The number of rotatable bonds is 7. The van der Waals surface area contributed by atoms with Gasteiger partial charge in [0.2, 0.25) is 0 Å². The van der Waals surface area contributed by atoms with Crippen molar-refractivity contribution in [2.45, 2.75) is 44.8 Å². The van der Waals surface area contributed by atoms with Gasteiger partial charge in [0.15, 0.2) is 0 Å². The van der Waals surface area contributed by atoms with Gasteiger partial charge in [-0.05, 0) is 43.7 Å². The Bertz CT molecular complexity index is 347. The molecule has 102 valence electrons. The highest BCUT2D eigenvalue weighted by Crippen LogP contribution is 2.34. The van der Waals surface area contributed by atoms with E-state index >= 15 is 0 Å². The molecule has 1 fully saturated rings. The molecule has 0 aliphatic carbocycles. The lowest BCUT2D eigenvalue weighted by Gasteiger charge is -2.19. The Morgan fingerprint density at radius 3 is 3.17 bits per heavy atom. The quantitative estimate of drug-likeness (QED) is 0.823. The molecule has 1 aromatic heterocycles. The van der Waals surface area contributed by atoms with Crippen LogP contribution in [0.1, 0.15) is 43.5 Å². The Morgan fingerprint density at radius 1 is 1.61 bits per heavy atom. The fraction of sp³-hybridized carbons (Fsp3) is 0.714. The van der Waals surface area contributed by atoms with Crippen molar-refractivity contribution in [1.82, 2.24) is 5.32 Å². The van der Waals surface area contributed by atoms with E-state index in [1.54, 1.807) is 18.4 Å². The molecule has 0 aromatic carbocycles. The van der Waals surface area contributed by atoms with Crippen LogP contribution in [0, 0.1) is 0 Å². The van der Waals surface area contributed by atoms with E-state index in [4.69, 9.17) is 9.47 Å². The van der Waals surface area contributed by atoms with Gasteiger partial charge in [0, 0.05) is 12.6 Å². The molecule has 0 saturated carbocycles. The normalized spacial score (nSPS) is 21.1. The minimum atomic E-state index is 0.397. The first-order valence-corrected chi connectivity index (χ1v) is 7.69. The van der Waals surface area contributed by atoms with Gasteiger partial charge in [-0.15, -0.1) is 11.3 Å². The third-order valence-corrected chi connectivity index (χ3v) is 4.46. The molecule has 1 aliphatic rings. The van der Waals surface area contributed by atoms with Gasteiger partial charge in [-0.1, -0.05) is 6.92 Å². The van der Waals surface area contributed by atoms with Crippen molar-refractivity contribution in [2.75, 3.05) is 20.3 Å². The highest BCUT2D eigenvalue weighted by Gasteiger charge is 2.21. The average molecular weight is 269 g/mol. The summed E-state index contributed by atoms with van der Waals surface area (Å²) in [6.45, 7) is 4.08. The topological polar surface area (TPSA) is 30.5 Å². The smallest absolute Gasteiger partial charge is 0.134 e. The molecule has 0 amide bonds. The molecule has 4 heteroatoms. The highest BCUT2D eigenvalue weighted by atomic mass is 32.1. The van der Waals surface area contributed by atoms with Gasteiger partial charge in [0.25, 0.3) is 0 Å². The van der Waals surface area contributed by atoms with Gasteiger partial charge in [-0.25, -0.2) is 0 Å². The second-order valence-corrected chi connectivity index (χ2v) is 5.62. The minimum Gasteiger partial charge on any atom is -0.496 e. The molecule has 0 bridgehead atoms. The first-order valence-electron chi connectivity index (χ1n) is 6.81. The second-order valence-electron chi connectivity index (χ2n) is 4.68. The first-order chi connectivity index (χ1) is 8.85. The van der Waals surface area contributed by atoms with Crippen molar-refractivity contribution in [1.29, 1.82) is 0 Å². The Kier molecular flexibility index (Phi) is 5.47. The lowest BCUT2D eigenvalue weighted by Crippen LogP contribution is -2.22. The van der Waals surface area contributed by atoms with E-state index in [2.05, 4.69) is 23.7 Å². The maximum Gasteiger partial charge on any atom is 0.134 e. The van der Waals surface area contributed by atoms with Crippen molar-refractivity contribution in [3.8, 4) is 5.75 Å². The van der Waals surface area contributed by atoms with E-state index in [9.17, 15) is 0 Å². The van der Waals surface area contributed by atoms with Crippen LogP contribution in [-0.2, 0) is 4.74 Å². The molecular formula is C14H23NO2S. The van der Waals surface area contributed by atoms with E-state index in [-0.39, 0.29) is 0 Å². The summed E-state index contributed by atoms with van der Waals surface area (Å²) in [6, 6.07) is 2.45. The fourth-order valence-corrected chi connectivity index (χ4v) is 3.50. The van der Waals surface area contributed by atoms with Crippen molar-refractivity contribution in [3.63, 3.8) is 0 Å². The van der Waals surface area contributed by atoms with E-state index in [0.29, 0.717) is 12.1 Å². The predicted molar refractivity (Wildman–Crippen MR) is 75.5 cm³/mol. The van der Waals surface area contributed by atoms with Gasteiger partial charge >= 0.3 is 0 Å². The van der Waals surface area contributed by atoms with Gasteiger partial charge in [0.05, 0.1) is 18.1 Å². The van der Waals surface area contributed by atoms with E-state index in [1.165, 1.54) is 17.7 Å². The number of ether oxygens (including phenoxy) is 2. The maximum absolute atomic E-state index is 5.70. The van der Waals surface area contributed by atoms with Crippen LogP contribution in [-0.4, -0.2) is 26.4 Å². The Labute approximate surface area is 113 Å². The van der Waals surface area contributed by atoms with Crippen LogP contribution in [0.3, 0.4) is 0 Å². The number of hydrogen-bond donors (Lipinski definition) is 1. The molecule has 2 unspecified atom stereocenters. The summed E-state index contributed by atoms with van der Waals surface area (Å²) in [5.41, 5.74) is 0. The van der Waals surface area contributed by atoms with Crippen molar-refractivity contribution in [3.05, 3.63) is 16.3 Å². The molecule has 1 aromatic rings. The third kappa shape index (κ3) is 3.46. The zero-order chi connectivity index (χ0) is 12.8. The van der Waals surface area contributed by atoms with Crippen LogP contribution in [0.15, 0.2) is 11.4 Å². The molecule has 0 radical (unpaired) electrons. The predicted octanol–water partition coefficient (Wildman–Crippen LogP) is 3.37. The summed E-state index contributed by atoms with van der Waals surface area (Å²) in [5, 5.41) is 5.66. The molecular weight excluding hydrogens is 246 g/mol. The molecule has 1 N–H and O–H groups in total. The van der Waals surface area contributed by atoms with Crippen molar-refractivity contribution in [2.24, 2.45) is 0 Å². The van der Waals surface area contributed by atoms with Gasteiger partial charge < -0.3 is 14.8 Å². The van der Waals surface area contributed by atoms with Crippen LogP contribution >= 0.6 is 11.3 Å². The molecule has 18 heavy (non-hydrogen) atoms. The molecule has 0 spiro atoms. The fourth-order valence-electron chi connectivity index (χ4n) is 2.53. The van der Waals surface area contributed by atoms with E-state index in [1.807, 2.05) is 0 Å². The van der Waals surface area contributed by atoms with Crippen LogP contribution in [0.4, 0.5) is 0 Å². The van der Waals surface area contributed by atoms with Crippen molar-refractivity contribution >= 4 is 11.3 Å². The van der Waals surface area contributed by atoms with Gasteiger partial charge in [-0.2, -0.15) is 0 Å². The lowest BCUT2D eigenvalue weighted by molar-refractivity contribution is 0.0996. The van der Waals surface area contributed by atoms with Crippen LogP contribution in [0.25, 0.3) is 0 Å². The Morgan fingerprint density at radius 2 is 2.50 bits per heavy atom. The SMILES string of the molecule is CCNC(CCC1CCCO1)c1sccc1OC. The molecule has 2 rings (SSSR count). The minimum absolute atomic E-state index is 0.397. The number of thiophene rings is 1. The maximum atomic E-state index is 5.70. The lowest BCUT2D eigenvalue weighted by atomic mass is 10.0. The van der Waals surface area contributed by atoms with Crippen LogP contribution < -0.4 is 10.1 Å². The molecule has 2 atom stereocenters. The summed E-state index contributed by atoms with van der Waals surface area (Å²) in [4.78, 5) is 1.32. The zero-order valence-electron chi connectivity index (χ0n) is 11.3. The van der Waals surface area contributed by atoms with Crippen LogP contribution in [0.5, 0.6) is 5.75 Å². The van der Waals surface area contributed by atoms with Crippen molar-refractivity contribution < 1.29 is 9.47 Å². The average Bonchev–Trinajstić information content (AvgIpc) is 3.04. The Balaban J connectivity index is 1.94. The zero-order valence-corrected chi connectivity index (χ0v) is 12.1. The van der Waals surface area contributed by atoms with Gasteiger partial charge in [0.1, 0.15) is 5.75 Å². The molecule has 1 saturated heterocycles. The van der Waals surface area contributed by atoms with E-state index in [0.717, 1.165) is 31.7 Å². The summed E-state index contributed by atoms with van der Waals surface area (Å²) >= 11 is 1.78. The summed E-state index contributed by atoms with van der Waals surface area (Å²) in [6.07, 6.45) is 5.17. The standard InChI is InChI=1S/C14H23NO2S/c1-3-15-12(7-6-11-5-4-9-17-11)14-13(16-2)8-10-18-14/h8,10-12,15H,3-7,9H2,1-2H3. The summed E-state index contributed by atoms with van der Waals surface area (Å²) < 4.78 is 11.1. The molecule has 1 aliphatic heterocycles. The first kappa shape index (κ1) is 13.8. The third-order valence-electron chi connectivity index (χ3n) is 3.45. The van der Waals surface area contributed by atoms with E-state index < -0.39 is 0 Å². The largest absolute Gasteiger partial charge is 0.496 e. The number of nitrogens with one attached hydrogen (secondary N) is 1. The second kappa shape index (κ2) is 7.12.